The minimum atomic E-state index is -0.227. The zero-order valence-electron chi connectivity index (χ0n) is 12.6. The minimum absolute atomic E-state index is 0.227. The van der Waals surface area contributed by atoms with Gasteiger partial charge in [0.05, 0.1) is 6.61 Å². The summed E-state index contributed by atoms with van der Waals surface area (Å²) in [4.78, 5) is 4.47. The van der Waals surface area contributed by atoms with E-state index in [0.29, 0.717) is 17.5 Å². The molecule has 0 aliphatic heterocycles. The van der Waals surface area contributed by atoms with Gasteiger partial charge in [-0.05, 0) is 48.9 Å². The summed E-state index contributed by atoms with van der Waals surface area (Å²) in [5, 5.41) is 7.81. The molecule has 0 aliphatic carbocycles. The third kappa shape index (κ3) is 4.10. The van der Waals surface area contributed by atoms with Crippen LogP contribution < -0.4 is 4.74 Å². The van der Waals surface area contributed by atoms with Gasteiger partial charge in [-0.2, -0.15) is 0 Å². The number of aromatic nitrogens is 3. The first-order chi connectivity index (χ1) is 11.2. The Bertz CT molecular complexity index is 756. The Kier molecular flexibility index (Phi) is 4.92. The van der Waals surface area contributed by atoms with Gasteiger partial charge in [0, 0.05) is 11.3 Å². The molecule has 6 heteroatoms. The van der Waals surface area contributed by atoms with Gasteiger partial charge in [-0.15, -0.1) is 5.10 Å². The van der Waals surface area contributed by atoms with Crippen molar-refractivity contribution in [1.82, 2.24) is 15.2 Å². The van der Waals surface area contributed by atoms with E-state index in [1.165, 1.54) is 23.9 Å². The fourth-order valence-corrected chi connectivity index (χ4v) is 2.80. The SMILES string of the molecule is CCOc1ccc(-c2nc(SCc3ccc(F)cc3)n[nH]2)cc1. The lowest BCUT2D eigenvalue weighted by atomic mass is 10.2. The molecule has 0 atom stereocenters. The van der Waals surface area contributed by atoms with E-state index in [2.05, 4.69) is 15.2 Å². The van der Waals surface area contributed by atoms with Crippen LogP contribution >= 0.6 is 11.8 Å². The van der Waals surface area contributed by atoms with Crippen LogP contribution in [-0.2, 0) is 5.75 Å². The van der Waals surface area contributed by atoms with E-state index < -0.39 is 0 Å². The summed E-state index contributed by atoms with van der Waals surface area (Å²) >= 11 is 1.51. The molecule has 3 rings (SSSR count). The van der Waals surface area contributed by atoms with Crippen molar-refractivity contribution >= 4 is 11.8 Å². The number of rotatable bonds is 6. The summed E-state index contributed by atoms with van der Waals surface area (Å²) in [7, 11) is 0. The fourth-order valence-electron chi connectivity index (χ4n) is 2.04. The Labute approximate surface area is 138 Å². The molecule has 118 valence electrons. The second-order valence-corrected chi connectivity index (χ2v) is 5.78. The summed E-state index contributed by atoms with van der Waals surface area (Å²) in [6.07, 6.45) is 0. The maximum Gasteiger partial charge on any atom is 0.209 e. The monoisotopic (exact) mass is 329 g/mol. The number of hydrogen-bond acceptors (Lipinski definition) is 4. The molecule has 1 N–H and O–H groups in total. The molecule has 0 fully saturated rings. The molecule has 0 radical (unpaired) electrons. The van der Waals surface area contributed by atoms with Gasteiger partial charge in [0.2, 0.25) is 5.16 Å². The van der Waals surface area contributed by atoms with Crippen molar-refractivity contribution in [3.05, 3.63) is 59.9 Å². The van der Waals surface area contributed by atoms with Crippen LogP contribution in [0.5, 0.6) is 5.75 Å². The number of H-pyrrole nitrogens is 1. The number of halogens is 1. The number of nitrogens with zero attached hydrogens (tertiary/aromatic N) is 2. The molecule has 0 saturated carbocycles. The van der Waals surface area contributed by atoms with E-state index in [9.17, 15) is 4.39 Å². The van der Waals surface area contributed by atoms with E-state index in [0.717, 1.165) is 22.7 Å². The average Bonchev–Trinajstić information content (AvgIpc) is 3.04. The highest BCUT2D eigenvalue weighted by molar-refractivity contribution is 7.98. The van der Waals surface area contributed by atoms with E-state index in [1.807, 2.05) is 31.2 Å². The van der Waals surface area contributed by atoms with Crippen molar-refractivity contribution in [3.63, 3.8) is 0 Å². The molecule has 0 bridgehead atoms. The molecule has 0 aliphatic rings. The van der Waals surface area contributed by atoms with Crippen LogP contribution in [0.2, 0.25) is 0 Å². The van der Waals surface area contributed by atoms with E-state index in [4.69, 9.17) is 4.74 Å². The average molecular weight is 329 g/mol. The van der Waals surface area contributed by atoms with Crippen LogP contribution in [0.1, 0.15) is 12.5 Å². The molecule has 2 aromatic carbocycles. The van der Waals surface area contributed by atoms with Gasteiger partial charge in [0.15, 0.2) is 5.82 Å². The van der Waals surface area contributed by atoms with E-state index >= 15 is 0 Å². The second kappa shape index (κ2) is 7.28. The molecule has 23 heavy (non-hydrogen) atoms. The summed E-state index contributed by atoms with van der Waals surface area (Å²) in [6, 6.07) is 14.2. The van der Waals surface area contributed by atoms with Gasteiger partial charge in [0.1, 0.15) is 11.6 Å². The molecule has 1 aromatic heterocycles. The molecular weight excluding hydrogens is 313 g/mol. The Morgan fingerprint density at radius 3 is 2.52 bits per heavy atom. The molecule has 4 nitrogen and oxygen atoms in total. The van der Waals surface area contributed by atoms with E-state index in [-0.39, 0.29) is 5.82 Å². The van der Waals surface area contributed by atoms with Gasteiger partial charge in [0.25, 0.3) is 0 Å². The lowest BCUT2D eigenvalue weighted by Gasteiger charge is -2.02. The topological polar surface area (TPSA) is 50.8 Å². The van der Waals surface area contributed by atoms with Crippen LogP contribution in [0.3, 0.4) is 0 Å². The fraction of sp³-hybridized carbons (Fsp3) is 0.176. The van der Waals surface area contributed by atoms with Crippen molar-refractivity contribution in [2.24, 2.45) is 0 Å². The molecule has 3 aromatic rings. The van der Waals surface area contributed by atoms with Crippen LogP contribution in [0.25, 0.3) is 11.4 Å². The highest BCUT2D eigenvalue weighted by atomic mass is 32.2. The van der Waals surface area contributed by atoms with Crippen molar-refractivity contribution < 1.29 is 9.13 Å². The highest BCUT2D eigenvalue weighted by Gasteiger charge is 2.07. The molecule has 0 saturated heterocycles. The van der Waals surface area contributed by atoms with Crippen molar-refractivity contribution in [1.29, 1.82) is 0 Å². The number of nitrogens with one attached hydrogen (secondary N) is 1. The third-order valence-electron chi connectivity index (χ3n) is 3.18. The summed E-state index contributed by atoms with van der Waals surface area (Å²) in [5.74, 6) is 2.02. The first-order valence-electron chi connectivity index (χ1n) is 7.27. The Morgan fingerprint density at radius 1 is 1.09 bits per heavy atom. The standard InChI is InChI=1S/C17H16FN3OS/c1-2-22-15-9-5-13(6-10-15)16-19-17(21-20-16)23-11-12-3-7-14(18)8-4-12/h3-10H,2,11H2,1H3,(H,19,20,21). The maximum absolute atomic E-state index is 12.9. The predicted molar refractivity (Wildman–Crippen MR) is 88.9 cm³/mol. The maximum atomic E-state index is 12.9. The van der Waals surface area contributed by atoms with Gasteiger partial charge in [-0.3, -0.25) is 5.10 Å². The van der Waals surface area contributed by atoms with Gasteiger partial charge in [-0.25, -0.2) is 9.37 Å². The number of aromatic amines is 1. The Morgan fingerprint density at radius 2 is 1.83 bits per heavy atom. The van der Waals surface area contributed by atoms with Crippen molar-refractivity contribution in [3.8, 4) is 17.1 Å². The second-order valence-electron chi connectivity index (χ2n) is 4.84. The molecule has 0 unspecified atom stereocenters. The third-order valence-corrected chi connectivity index (χ3v) is 4.10. The first kappa shape index (κ1) is 15.6. The number of hydrogen-bond donors (Lipinski definition) is 1. The van der Waals surface area contributed by atoms with Gasteiger partial charge in [-0.1, -0.05) is 23.9 Å². The van der Waals surface area contributed by atoms with Gasteiger partial charge < -0.3 is 4.74 Å². The van der Waals surface area contributed by atoms with Crippen molar-refractivity contribution in [2.45, 2.75) is 17.8 Å². The smallest absolute Gasteiger partial charge is 0.209 e. The van der Waals surface area contributed by atoms with E-state index in [1.54, 1.807) is 12.1 Å². The lowest BCUT2D eigenvalue weighted by Crippen LogP contribution is -1.90. The molecule has 0 amide bonds. The lowest BCUT2D eigenvalue weighted by molar-refractivity contribution is 0.340. The summed E-state index contributed by atoms with van der Waals surface area (Å²) < 4.78 is 18.3. The van der Waals surface area contributed by atoms with Gasteiger partial charge >= 0.3 is 0 Å². The van der Waals surface area contributed by atoms with Crippen molar-refractivity contribution in [2.75, 3.05) is 6.61 Å². The van der Waals surface area contributed by atoms with Crippen LogP contribution in [0, 0.1) is 5.82 Å². The number of ether oxygens (including phenoxy) is 1. The Hall–Kier alpha value is -2.34. The highest BCUT2D eigenvalue weighted by Crippen LogP contribution is 2.23. The van der Waals surface area contributed by atoms with Crippen LogP contribution in [-0.4, -0.2) is 21.8 Å². The largest absolute Gasteiger partial charge is 0.494 e. The number of thioether (sulfide) groups is 1. The normalized spacial score (nSPS) is 10.7. The zero-order valence-corrected chi connectivity index (χ0v) is 13.4. The van der Waals surface area contributed by atoms with Crippen LogP contribution in [0.4, 0.5) is 4.39 Å². The van der Waals surface area contributed by atoms with Crippen LogP contribution in [0.15, 0.2) is 53.7 Å². The molecule has 0 spiro atoms. The Balaban J connectivity index is 1.64. The molecular formula is C17H16FN3OS. The summed E-state index contributed by atoms with van der Waals surface area (Å²) in [5.41, 5.74) is 1.98. The summed E-state index contributed by atoms with van der Waals surface area (Å²) in [6.45, 7) is 2.60. The quantitative estimate of drug-likeness (QED) is 0.685. The zero-order chi connectivity index (χ0) is 16.1. The number of benzene rings is 2. The minimum Gasteiger partial charge on any atom is -0.494 e. The molecule has 1 heterocycles. The first-order valence-corrected chi connectivity index (χ1v) is 8.26. The predicted octanol–water partition coefficient (Wildman–Crippen LogP) is 4.30.